The van der Waals surface area contributed by atoms with Gasteiger partial charge in [0.25, 0.3) is 5.91 Å². The number of methoxy groups -OCH3 is 1. The van der Waals surface area contributed by atoms with E-state index < -0.39 is 0 Å². The Morgan fingerprint density at radius 3 is 3.12 bits per heavy atom. The van der Waals surface area contributed by atoms with Crippen molar-refractivity contribution in [2.75, 3.05) is 20.2 Å². The number of hydrogen-bond acceptors (Lipinski definition) is 4. The Kier molecular flexibility index (Phi) is 5.61. The van der Waals surface area contributed by atoms with Gasteiger partial charge in [-0.1, -0.05) is 12.1 Å². The van der Waals surface area contributed by atoms with Crippen LogP contribution < -0.4 is 10.6 Å². The van der Waals surface area contributed by atoms with Crippen LogP contribution in [0.15, 0.2) is 30.3 Å². The number of aromatic nitrogens is 2. The van der Waals surface area contributed by atoms with Crippen LogP contribution in [0.25, 0.3) is 0 Å². The normalized spacial score (nSPS) is 17.6. The van der Waals surface area contributed by atoms with Crippen molar-refractivity contribution in [2.45, 2.75) is 31.9 Å². The molecule has 1 aromatic heterocycles. The van der Waals surface area contributed by atoms with Crippen LogP contribution in [0.3, 0.4) is 0 Å². The van der Waals surface area contributed by atoms with Gasteiger partial charge in [0.05, 0.1) is 24.5 Å². The van der Waals surface area contributed by atoms with Crippen LogP contribution in [0, 0.1) is 0 Å². The summed E-state index contributed by atoms with van der Waals surface area (Å²) in [6, 6.07) is 9.84. The first-order valence-corrected chi connectivity index (χ1v) is 8.37. The topological polar surface area (TPSA) is 79.0 Å². The number of piperidine rings is 1. The summed E-state index contributed by atoms with van der Waals surface area (Å²) in [6.45, 7) is 2.96. The summed E-state index contributed by atoms with van der Waals surface area (Å²) in [5.41, 5.74) is 3.63. The highest BCUT2D eigenvalue weighted by Gasteiger charge is 2.16. The molecule has 1 saturated heterocycles. The quantitative estimate of drug-likeness (QED) is 0.757. The molecule has 0 saturated carbocycles. The van der Waals surface area contributed by atoms with Gasteiger partial charge >= 0.3 is 0 Å². The lowest BCUT2D eigenvalue weighted by atomic mass is 9.90. The number of amides is 1. The molecule has 0 radical (unpaired) electrons. The van der Waals surface area contributed by atoms with Crippen LogP contribution in [-0.4, -0.2) is 36.3 Å². The Labute approximate surface area is 142 Å². The predicted molar refractivity (Wildman–Crippen MR) is 91.8 cm³/mol. The predicted octanol–water partition coefficient (Wildman–Crippen LogP) is 1.95. The van der Waals surface area contributed by atoms with E-state index in [-0.39, 0.29) is 5.91 Å². The molecule has 128 valence electrons. The molecule has 1 aliphatic heterocycles. The minimum Gasteiger partial charge on any atom is -0.378 e. The fraction of sp³-hybridized carbons (Fsp3) is 0.444. The molecule has 1 aromatic carbocycles. The molecule has 0 spiro atoms. The van der Waals surface area contributed by atoms with Gasteiger partial charge in [0.15, 0.2) is 0 Å². The molecule has 2 heterocycles. The van der Waals surface area contributed by atoms with Crippen molar-refractivity contribution < 1.29 is 9.53 Å². The van der Waals surface area contributed by atoms with Gasteiger partial charge in [0.2, 0.25) is 0 Å². The summed E-state index contributed by atoms with van der Waals surface area (Å²) in [5.74, 6) is 0.430. The first-order valence-electron chi connectivity index (χ1n) is 8.37. The minimum absolute atomic E-state index is 0.0662. The second-order valence-electron chi connectivity index (χ2n) is 6.17. The van der Waals surface area contributed by atoms with Gasteiger partial charge in [-0.15, -0.1) is 0 Å². The zero-order valence-corrected chi connectivity index (χ0v) is 14.0. The highest BCUT2D eigenvalue weighted by Crippen LogP contribution is 2.23. The first kappa shape index (κ1) is 16.7. The van der Waals surface area contributed by atoms with Gasteiger partial charge in [-0.05, 0) is 49.1 Å². The first-order chi connectivity index (χ1) is 11.8. The van der Waals surface area contributed by atoms with Crippen molar-refractivity contribution in [3.05, 3.63) is 52.8 Å². The summed E-state index contributed by atoms with van der Waals surface area (Å²) in [7, 11) is 1.63. The van der Waals surface area contributed by atoms with Crippen molar-refractivity contribution in [1.82, 2.24) is 20.8 Å². The van der Waals surface area contributed by atoms with E-state index >= 15 is 0 Å². The fourth-order valence-electron chi connectivity index (χ4n) is 3.07. The van der Waals surface area contributed by atoms with Gasteiger partial charge in [-0.25, -0.2) is 0 Å². The monoisotopic (exact) mass is 328 g/mol. The number of benzene rings is 1. The third-order valence-corrected chi connectivity index (χ3v) is 4.33. The lowest BCUT2D eigenvalue weighted by Crippen LogP contribution is -2.28. The molecular formula is C18H24N4O2. The summed E-state index contributed by atoms with van der Waals surface area (Å²) in [6.07, 6.45) is 2.36. The molecule has 1 aliphatic rings. The molecule has 24 heavy (non-hydrogen) atoms. The van der Waals surface area contributed by atoms with Gasteiger partial charge in [-0.2, -0.15) is 5.10 Å². The SMILES string of the molecule is COCc1cc(CNC(=O)c2cccc([C@@H]3CCCNC3)c2)[nH]n1. The van der Waals surface area contributed by atoms with Gasteiger partial charge in [0.1, 0.15) is 0 Å². The maximum atomic E-state index is 12.4. The number of aromatic amines is 1. The summed E-state index contributed by atoms with van der Waals surface area (Å²) in [5, 5.41) is 13.4. The highest BCUT2D eigenvalue weighted by atomic mass is 16.5. The third-order valence-electron chi connectivity index (χ3n) is 4.33. The molecule has 0 aliphatic carbocycles. The van der Waals surface area contributed by atoms with E-state index in [1.807, 2.05) is 24.3 Å². The standard InChI is InChI=1S/C18H24N4O2/c1-24-12-17-9-16(21-22-17)11-20-18(23)14-5-2-4-13(8-14)15-6-3-7-19-10-15/h2,4-5,8-9,15,19H,3,6-7,10-12H2,1H3,(H,20,23)(H,21,22)/t15-/m1/s1. The number of H-pyrrole nitrogens is 1. The fourth-order valence-corrected chi connectivity index (χ4v) is 3.07. The lowest BCUT2D eigenvalue weighted by molar-refractivity contribution is 0.0950. The Balaban J connectivity index is 1.59. The molecular weight excluding hydrogens is 304 g/mol. The average Bonchev–Trinajstić information content (AvgIpc) is 3.08. The Morgan fingerprint density at radius 1 is 1.42 bits per heavy atom. The largest absolute Gasteiger partial charge is 0.378 e. The van der Waals surface area contributed by atoms with Gasteiger partial charge in [0, 0.05) is 19.2 Å². The van der Waals surface area contributed by atoms with Gasteiger partial charge < -0.3 is 15.4 Å². The lowest BCUT2D eigenvalue weighted by Gasteiger charge is -2.23. The van der Waals surface area contributed by atoms with Gasteiger partial charge in [-0.3, -0.25) is 9.89 Å². The molecule has 6 heteroatoms. The van der Waals surface area contributed by atoms with E-state index in [1.165, 1.54) is 18.4 Å². The van der Waals surface area contributed by atoms with Crippen LogP contribution in [0.1, 0.15) is 46.1 Å². The van der Waals surface area contributed by atoms with Crippen molar-refractivity contribution in [3.8, 4) is 0 Å². The Bertz CT molecular complexity index is 677. The average molecular weight is 328 g/mol. The molecule has 2 aromatic rings. The number of hydrogen-bond donors (Lipinski definition) is 3. The number of nitrogens with one attached hydrogen (secondary N) is 3. The smallest absolute Gasteiger partial charge is 0.251 e. The minimum atomic E-state index is -0.0662. The van der Waals surface area contributed by atoms with E-state index in [1.54, 1.807) is 7.11 Å². The van der Waals surface area contributed by atoms with E-state index in [4.69, 9.17) is 4.74 Å². The van der Waals surface area contributed by atoms with Crippen molar-refractivity contribution in [1.29, 1.82) is 0 Å². The molecule has 0 unspecified atom stereocenters. The van der Waals surface area contributed by atoms with E-state index in [0.29, 0.717) is 24.6 Å². The van der Waals surface area contributed by atoms with Crippen molar-refractivity contribution in [2.24, 2.45) is 0 Å². The second kappa shape index (κ2) is 8.08. The third kappa shape index (κ3) is 4.21. The maximum Gasteiger partial charge on any atom is 0.251 e. The molecule has 1 amide bonds. The molecule has 1 fully saturated rings. The zero-order valence-electron chi connectivity index (χ0n) is 14.0. The summed E-state index contributed by atoms with van der Waals surface area (Å²) in [4.78, 5) is 12.4. The zero-order chi connectivity index (χ0) is 16.8. The summed E-state index contributed by atoms with van der Waals surface area (Å²) < 4.78 is 5.03. The molecule has 6 nitrogen and oxygen atoms in total. The Hall–Kier alpha value is -2.18. The maximum absolute atomic E-state index is 12.4. The van der Waals surface area contributed by atoms with E-state index in [2.05, 4.69) is 26.9 Å². The van der Waals surface area contributed by atoms with Crippen molar-refractivity contribution >= 4 is 5.91 Å². The van der Waals surface area contributed by atoms with Crippen LogP contribution >= 0.6 is 0 Å². The van der Waals surface area contributed by atoms with E-state index in [0.717, 1.165) is 24.5 Å². The number of ether oxygens (including phenoxy) is 1. The van der Waals surface area contributed by atoms with Crippen LogP contribution in [-0.2, 0) is 17.9 Å². The second-order valence-corrected chi connectivity index (χ2v) is 6.17. The summed E-state index contributed by atoms with van der Waals surface area (Å²) >= 11 is 0. The molecule has 0 bridgehead atoms. The van der Waals surface area contributed by atoms with Crippen LogP contribution in [0.5, 0.6) is 0 Å². The highest BCUT2D eigenvalue weighted by molar-refractivity contribution is 5.94. The van der Waals surface area contributed by atoms with E-state index in [9.17, 15) is 4.79 Å². The Morgan fingerprint density at radius 2 is 2.33 bits per heavy atom. The van der Waals surface area contributed by atoms with Crippen LogP contribution in [0.4, 0.5) is 0 Å². The number of carbonyl (C=O) groups is 1. The van der Waals surface area contributed by atoms with Crippen LogP contribution in [0.2, 0.25) is 0 Å². The number of nitrogens with zero attached hydrogens (tertiary/aromatic N) is 1. The number of carbonyl (C=O) groups excluding carboxylic acids is 1. The molecule has 1 atom stereocenters. The molecule has 3 N–H and O–H groups in total. The molecule has 3 rings (SSSR count). The van der Waals surface area contributed by atoms with Crippen molar-refractivity contribution in [3.63, 3.8) is 0 Å². The number of rotatable bonds is 6.